The monoisotopic (exact) mass is 387 g/mol. The van der Waals surface area contributed by atoms with Gasteiger partial charge < -0.3 is 0 Å². The molecule has 0 radical (unpaired) electrons. The Balaban J connectivity index is 1.74. The van der Waals surface area contributed by atoms with E-state index in [1.165, 1.54) is 12.1 Å². The molecule has 1 heterocycles. The van der Waals surface area contributed by atoms with Crippen LogP contribution in [0, 0.1) is 0 Å². The van der Waals surface area contributed by atoms with Crippen molar-refractivity contribution in [2.24, 2.45) is 0 Å². The Morgan fingerprint density at radius 3 is 2.50 bits per heavy atom. The van der Waals surface area contributed by atoms with E-state index < -0.39 is 32.2 Å². The molecule has 1 saturated carbocycles. The van der Waals surface area contributed by atoms with Gasteiger partial charge in [-0.2, -0.15) is 18.3 Å². The first kappa shape index (κ1) is 18.6. The number of aromatic nitrogens is 2. The van der Waals surface area contributed by atoms with Gasteiger partial charge in [0.25, 0.3) is 5.56 Å². The predicted octanol–water partition coefficient (Wildman–Crippen LogP) is 2.12. The maximum atomic E-state index is 13.0. The molecular formula is C16H16F3N3O3S. The van der Waals surface area contributed by atoms with Crippen molar-refractivity contribution in [2.45, 2.75) is 36.4 Å². The second-order valence-electron chi connectivity index (χ2n) is 5.99. The van der Waals surface area contributed by atoms with E-state index in [0.717, 1.165) is 35.4 Å². The predicted molar refractivity (Wildman–Crippen MR) is 87.1 cm³/mol. The summed E-state index contributed by atoms with van der Waals surface area (Å²) >= 11 is 0. The summed E-state index contributed by atoms with van der Waals surface area (Å²) in [5.74, 6) is 0.317. The number of benzene rings is 1. The lowest BCUT2D eigenvalue weighted by Crippen LogP contribution is -2.33. The third-order valence-electron chi connectivity index (χ3n) is 3.98. The van der Waals surface area contributed by atoms with Crippen LogP contribution in [0.25, 0.3) is 0 Å². The Bertz CT molecular complexity index is 966. The van der Waals surface area contributed by atoms with Crippen molar-refractivity contribution in [1.82, 2.24) is 14.5 Å². The van der Waals surface area contributed by atoms with Crippen LogP contribution < -0.4 is 10.3 Å². The smallest absolute Gasteiger partial charge is 0.268 e. The lowest BCUT2D eigenvalue weighted by Gasteiger charge is -2.14. The van der Waals surface area contributed by atoms with Crippen molar-refractivity contribution in [3.63, 3.8) is 0 Å². The van der Waals surface area contributed by atoms with Gasteiger partial charge in [0.2, 0.25) is 10.0 Å². The maximum absolute atomic E-state index is 13.0. The molecule has 1 fully saturated rings. The van der Waals surface area contributed by atoms with Crippen LogP contribution in [0.3, 0.4) is 0 Å². The highest BCUT2D eigenvalue weighted by Gasteiger charge is 2.36. The fraction of sp³-hybridized carbons (Fsp3) is 0.375. The molecule has 1 aliphatic rings. The molecule has 0 saturated heterocycles. The van der Waals surface area contributed by atoms with E-state index in [9.17, 15) is 26.4 Å². The van der Waals surface area contributed by atoms with Gasteiger partial charge in [0.15, 0.2) is 0 Å². The summed E-state index contributed by atoms with van der Waals surface area (Å²) in [5.41, 5.74) is -0.877. The van der Waals surface area contributed by atoms with Crippen LogP contribution >= 0.6 is 0 Å². The highest BCUT2D eigenvalue weighted by Crippen LogP contribution is 2.38. The van der Waals surface area contributed by atoms with E-state index in [-0.39, 0.29) is 13.1 Å². The Labute approximate surface area is 147 Å². The first-order valence-electron chi connectivity index (χ1n) is 7.92. The molecule has 140 valence electrons. The molecule has 1 aromatic heterocycles. The van der Waals surface area contributed by atoms with Crippen molar-refractivity contribution in [2.75, 3.05) is 6.54 Å². The van der Waals surface area contributed by atoms with Gasteiger partial charge >= 0.3 is 6.18 Å². The molecule has 1 aromatic carbocycles. The highest BCUT2D eigenvalue weighted by molar-refractivity contribution is 7.89. The topological polar surface area (TPSA) is 81.1 Å². The molecule has 1 aliphatic carbocycles. The van der Waals surface area contributed by atoms with Gasteiger partial charge in [0.05, 0.1) is 22.7 Å². The standard InChI is InChI=1S/C16H16F3N3O3S/c17-16(18,19)12-3-1-2-4-14(12)26(24,25)20-9-10-22-15(23)8-7-13(21-22)11-5-6-11/h1-4,7-8,11,20H,5-6,9-10H2. The van der Waals surface area contributed by atoms with Gasteiger partial charge in [-0.1, -0.05) is 12.1 Å². The van der Waals surface area contributed by atoms with Crippen molar-refractivity contribution >= 4 is 10.0 Å². The number of hydrogen-bond acceptors (Lipinski definition) is 4. The third-order valence-corrected chi connectivity index (χ3v) is 5.50. The van der Waals surface area contributed by atoms with E-state index in [1.807, 2.05) is 0 Å². The summed E-state index contributed by atoms with van der Waals surface area (Å²) in [6.45, 7) is -0.331. The van der Waals surface area contributed by atoms with Gasteiger partial charge in [-0.25, -0.2) is 17.8 Å². The first-order valence-corrected chi connectivity index (χ1v) is 9.41. The Kier molecular flexibility index (Phi) is 4.89. The van der Waals surface area contributed by atoms with Gasteiger partial charge in [0, 0.05) is 18.5 Å². The molecule has 2 aromatic rings. The minimum Gasteiger partial charge on any atom is -0.268 e. The molecule has 3 rings (SSSR count). The summed E-state index contributed by atoms with van der Waals surface area (Å²) in [6, 6.07) is 6.93. The average Bonchev–Trinajstić information content (AvgIpc) is 3.41. The first-order chi connectivity index (χ1) is 12.2. The normalized spacial score (nSPS) is 15.2. The third kappa shape index (κ3) is 4.13. The zero-order valence-electron chi connectivity index (χ0n) is 13.5. The number of nitrogens with one attached hydrogen (secondary N) is 1. The summed E-state index contributed by atoms with van der Waals surface area (Å²) in [4.78, 5) is 11.0. The maximum Gasteiger partial charge on any atom is 0.417 e. The number of hydrogen-bond donors (Lipinski definition) is 1. The van der Waals surface area contributed by atoms with Crippen LogP contribution in [-0.2, 0) is 22.7 Å². The zero-order chi connectivity index (χ0) is 18.9. The van der Waals surface area contributed by atoms with Gasteiger partial charge in [-0.05, 0) is 31.0 Å². The van der Waals surface area contributed by atoms with Crippen LogP contribution in [0.4, 0.5) is 13.2 Å². The fourth-order valence-electron chi connectivity index (χ4n) is 2.52. The van der Waals surface area contributed by atoms with Crippen molar-refractivity contribution in [1.29, 1.82) is 0 Å². The minimum absolute atomic E-state index is 0.0766. The summed E-state index contributed by atoms with van der Waals surface area (Å²) in [7, 11) is -4.38. The Morgan fingerprint density at radius 1 is 1.15 bits per heavy atom. The van der Waals surface area contributed by atoms with Crippen LogP contribution in [0.15, 0.2) is 46.1 Å². The number of sulfonamides is 1. The second kappa shape index (κ2) is 6.84. The SMILES string of the molecule is O=c1ccc(C2CC2)nn1CCNS(=O)(=O)c1ccccc1C(F)(F)F. The lowest BCUT2D eigenvalue weighted by atomic mass is 10.2. The van der Waals surface area contributed by atoms with E-state index in [1.54, 1.807) is 6.07 Å². The van der Waals surface area contributed by atoms with Crippen LogP contribution in [0.2, 0.25) is 0 Å². The van der Waals surface area contributed by atoms with Crippen molar-refractivity contribution in [3.8, 4) is 0 Å². The molecule has 0 bridgehead atoms. The quantitative estimate of drug-likeness (QED) is 0.823. The van der Waals surface area contributed by atoms with Gasteiger partial charge in [0.1, 0.15) is 0 Å². The molecule has 0 unspecified atom stereocenters. The number of alkyl halides is 3. The van der Waals surface area contributed by atoms with Crippen molar-refractivity contribution in [3.05, 3.63) is 58.0 Å². The molecular weight excluding hydrogens is 371 g/mol. The number of rotatable bonds is 6. The molecule has 0 aliphatic heterocycles. The summed E-state index contributed by atoms with van der Waals surface area (Å²) in [6.07, 6.45) is -2.81. The Hall–Kier alpha value is -2.20. The molecule has 0 atom stereocenters. The van der Waals surface area contributed by atoms with Crippen LogP contribution in [0.5, 0.6) is 0 Å². The number of halogens is 3. The van der Waals surface area contributed by atoms with E-state index >= 15 is 0 Å². The highest BCUT2D eigenvalue weighted by atomic mass is 32.2. The largest absolute Gasteiger partial charge is 0.417 e. The molecule has 1 N–H and O–H groups in total. The number of nitrogens with zero attached hydrogens (tertiary/aromatic N) is 2. The molecule has 26 heavy (non-hydrogen) atoms. The zero-order valence-corrected chi connectivity index (χ0v) is 14.3. The van der Waals surface area contributed by atoms with Crippen LogP contribution in [0.1, 0.15) is 30.0 Å². The fourth-order valence-corrected chi connectivity index (χ4v) is 3.77. The summed E-state index contributed by atoms with van der Waals surface area (Å²) in [5, 5.41) is 4.17. The van der Waals surface area contributed by atoms with E-state index in [4.69, 9.17) is 0 Å². The van der Waals surface area contributed by atoms with Gasteiger partial charge in [-0.15, -0.1) is 0 Å². The average molecular weight is 387 g/mol. The van der Waals surface area contributed by atoms with Gasteiger partial charge in [-0.3, -0.25) is 4.79 Å². The minimum atomic E-state index is -4.79. The summed E-state index contributed by atoms with van der Waals surface area (Å²) < 4.78 is 66.7. The van der Waals surface area contributed by atoms with Crippen molar-refractivity contribution < 1.29 is 21.6 Å². The van der Waals surface area contributed by atoms with E-state index in [0.29, 0.717) is 12.0 Å². The lowest BCUT2D eigenvalue weighted by molar-refractivity contribution is -0.139. The van der Waals surface area contributed by atoms with Crippen LogP contribution in [-0.4, -0.2) is 24.7 Å². The Morgan fingerprint density at radius 2 is 1.85 bits per heavy atom. The molecule has 0 spiro atoms. The molecule has 10 heteroatoms. The second-order valence-corrected chi connectivity index (χ2v) is 7.72. The molecule has 6 nitrogen and oxygen atoms in total. The van der Waals surface area contributed by atoms with E-state index in [2.05, 4.69) is 9.82 Å². The molecule has 0 amide bonds.